The second-order valence-electron chi connectivity index (χ2n) is 7.85. The molecular formula is C27H26F2O. The van der Waals surface area contributed by atoms with Crippen molar-refractivity contribution in [1.82, 2.24) is 0 Å². The molecule has 0 N–H and O–H groups in total. The van der Waals surface area contributed by atoms with Crippen molar-refractivity contribution in [2.45, 2.75) is 45.4 Å². The second-order valence-corrected chi connectivity index (χ2v) is 7.85. The van der Waals surface area contributed by atoms with Crippen LogP contribution < -0.4 is 0 Å². The van der Waals surface area contributed by atoms with Crippen LogP contribution in [0.4, 0.5) is 8.78 Å². The summed E-state index contributed by atoms with van der Waals surface area (Å²) < 4.78 is 32.6. The molecule has 30 heavy (non-hydrogen) atoms. The largest absolute Gasteiger partial charge is 0.456 e. The summed E-state index contributed by atoms with van der Waals surface area (Å²) in [4.78, 5) is 0. The number of rotatable bonds is 8. The molecule has 0 bridgehead atoms. The number of halogens is 2. The Morgan fingerprint density at radius 1 is 0.667 bits per heavy atom. The lowest BCUT2D eigenvalue weighted by atomic mass is 10.00. The fourth-order valence-corrected chi connectivity index (χ4v) is 3.81. The number of aryl methyl sites for hydroxylation is 1. The van der Waals surface area contributed by atoms with Gasteiger partial charge in [-0.05, 0) is 65.9 Å². The van der Waals surface area contributed by atoms with Crippen molar-refractivity contribution < 1.29 is 13.2 Å². The van der Waals surface area contributed by atoms with Crippen LogP contribution >= 0.6 is 0 Å². The molecule has 0 saturated heterocycles. The van der Waals surface area contributed by atoms with E-state index < -0.39 is 11.6 Å². The average Bonchev–Trinajstić information content (AvgIpc) is 3.19. The Morgan fingerprint density at radius 3 is 2.17 bits per heavy atom. The predicted octanol–water partition coefficient (Wildman–Crippen LogP) is 8.56. The van der Waals surface area contributed by atoms with Gasteiger partial charge in [0.05, 0.1) is 0 Å². The van der Waals surface area contributed by atoms with Crippen molar-refractivity contribution in [3.05, 3.63) is 83.9 Å². The maximum atomic E-state index is 13.6. The van der Waals surface area contributed by atoms with E-state index in [0.29, 0.717) is 11.3 Å². The molecule has 0 atom stereocenters. The molecule has 4 aromatic rings. The Bertz CT molecular complexity index is 1130. The first-order valence-corrected chi connectivity index (χ1v) is 10.7. The molecule has 0 aliphatic rings. The van der Waals surface area contributed by atoms with Gasteiger partial charge >= 0.3 is 0 Å². The summed E-state index contributed by atoms with van der Waals surface area (Å²) in [6, 6.07) is 20.5. The smallest absolute Gasteiger partial charge is 0.159 e. The van der Waals surface area contributed by atoms with E-state index in [2.05, 4.69) is 37.3 Å². The summed E-state index contributed by atoms with van der Waals surface area (Å²) in [5.41, 5.74) is 4.88. The summed E-state index contributed by atoms with van der Waals surface area (Å²) in [6.45, 7) is 2.24. The minimum Gasteiger partial charge on any atom is -0.456 e. The first-order valence-electron chi connectivity index (χ1n) is 10.7. The zero-order valence-electron chi connectivity index (χ0n) is 17.3. The minimum absolute atomic E-state index is 0.523. The highest BCUT2D eigenvalue weighted by Gasteiger charge is 2.10. The quantitative estimate of drug-likeness (QED) is 0.268. The summed E-state index contributed by atoms with van der Waals surface area (Å²) in [5.74, 6) is -1.21. The van der Waals surface area contributed by atoms with Crippen LogP contribution in [0.3, 0.4) is 0 Å². The fraction of sp³-hybridized carbons (Fsp3) is 0.259. The first kappa shape index (κ1) is 20.3. The van der Waals surface area contributed by atoms with Gasteiger partial charge < -0.3 is 4.42 Å². The van der Waals surface area contributed by atoms with E-state index >= 15 is 0 Å². The summed E-state index contributed by atoms with van der Waals surface area (Å²) >= 11 is 0. The molecule has 1 nitrogen and oxygen atoms in total. The van der Waals surface area contributed by atoms with Crippen molar-refractivity contribution in [2.24, 2.45) is 0 Å². The van der Waals surface area contributed by atoms with Gasteiger partial charge in [-0.3, -0.25) is 0 Å². The standard InChI is InChI=1S/C27H26F2O/c1-2-3-4-5-6-7-19-8-10-20(11-9-19)21-13-15-26-23(16-21)18-27(30-26)22-12-14-24(28)25(29)17-22/h8-18H,2-7H2,1H3. The van der Waals surface area contributed by atoms with Crippen molar-refractivity contribution in [1.29, 1.82) is 0 Å². The number of unbranched alkanes of at least 4 members (excludes halogenated alkanes) is 4. The highest BCUT2D eigenvalue weighted by Crippen LogP contribution is 2.32. The first-order chi connectivity index (χ1) is 14.6. The molecule has 154 valence electrons. The Labute approximate surface area is 176 Å². The summed E-state index contributed by atoms with van der Waals surface area (Å²) in [7, 11) is 0. The number of hydrogen-bond acceptors (Lipinski definition) is 1. The minimum atomic E-state index is -0.876. The lowest BCUT2D eigenvalue weighted by molar-refractivity contribution is 0.508. The molecule has 0 amide bonds. The molecule has 3 aromatic carbocycles. The van der Waals surface area contributed by atoms with Gasteiger partial charge in [0, 0.05) is 10.9 Å². The maximum Gasteiger partial charge on any atom is 0.159 e. The van der Waals surface area contributed by atoms with E-state index in [1.165, 1.54) is 43.7 Å². The fourth-order valence-electron chi connectivity index (χ4n) is 3.81. The van der Waals surface area contributed by atoms with Gasteiger partial charge in [-0.1, -0.05) is 62.9 Å². The molecule has 1 heterocycles. The van der Waals surface area contributed by atoms with Gasteiger partial charge in [0.1, 0.15) is 11.3 Å². The third-order valence-corrected chi connectivity index (χ3v) is 5.58. The van der Waals surface area contributed by atoms with E-state index in [9.17, 15) is 8.78 Å². The highest BCUT2D eigenvalue weighted by atomic mass is 19.2. The number of hydrogen-bond donors (Lipinski definition) is 0. The van der Waals surface area contributed by atoms with E-state index in [1.54, 1.807) is 0 Å². The Balaban J connectivity index is 1.50. The molecular weight excluding hydrogens is 378 g/mol. The topological polar surface area (TPSA) is 13.1 Å². The molecule has 0 aliphatic heterocycles. The maximum absolute atomic E-state index is 13.6. The van der Waals surface area contributed by atoms with E-state index in [1.807, 2.05) is 18.2 Å². The molecule has 1 aromatic heterocycles. The van der Waals surface area contributed by atoms with Crippen LogP contribution in [-0.4, -0.2) is 0 Å². The number of benzene rings is 3. The van der Waals surface area contributed by atoms with Gasteiger partial charge in [0.2, 0.25) is 0 Å². The van der Waals surface area contributed by atoms with E-state index in [0.717, 1.165) is 40.6 Å². The molecule has 0 spiro atoms. The van der Waals surface area contributed by atoms with Gasteiger partial charge in [-0.25, -0.2) is 8.78 Å². The van der Waals surface area contributed by atoms with Gasteiger partial charge in [-0.15, -0.1) is 0 Å². The van der Waals surface area contributed by atoms with Crippen molar-refractivity contribution in [2.75, 3.05) is 0 Å². The molecule has 3 heteroatoms. The Morgan fingerprint density at radius 2 is 1.40 bits per heavy atom. The van der Waals surface area contributed by atoms with Crippen molar-refractivity contribution in [3.63, 3.8) is 0 Å². The zero-order chi connectivity index (χ0) is 20.9. The molecule has 0 saturated carbocycles. The Hall–Kier alpha value is -2.94. The van der Waals surface area contributed by atoms with Crippen LogP contribution in [0.1, 0.15) is 44.6 Å². The molecule has 0 unspecified atom stereocenters. The number of furan rings is 1. The molecule has 0 aliphatic carbocycles. The van der Waals surface area contributed by atoms with Crippen LogP contribution in [0, 0.1) is 11.6 Å². The van der Waals surface area contributed by atoms with Gasteiger partial charge in [-0.2, -0.15) is 0 Å². The summed E-state index contributed by atoms with van der Waals surface area (Å²) in [6.07, 6.45) is 7.60. The van der Waals surface area contributed by atoms with E-state index in [-0.39, 0.29) is 0 Å². The SMILES string of the molecule is CCCCCCCc1ccc(-c2ccc3oc(-c4ccc(F)c(F)c4)cc3c2)cc1. The van der Waals surface area contributed by atoms with Gasteiger partial charge in [0.15, 0.2) is 11.6 Å². The lowest BCUT2D eigenvalue weighted by Crippen LogP contribution is -1.86. The molecule has 0 radical (unpaired) electrons. The van der Waals surface area contributed by atoms with Crippen LogP contribution in [0.25, 0.3) is 33.4 Å². The highest BCUT2D eigenvalue weighted by molar-refractivity contribution is 5.87. The monoisotopic (exact) mass is 404 g/mol. The third kappa shape index (κ3) is 4.62. The third-order valence-electron chi connectivity index (χ3n) is 5.58. The summed E-state index contributed by atoms with van der Waals surface area (Å²) in [5, 5.41) is 0.937. The second kappa shape index (κ2) is 9.25. The van der Waals surface area contributed by atoms with Crippen LogP contribution in [0.2, 0.25) is 0 Å². The zero-order valence-corrected chi connectivity index (χ0v) is 17.3. The average molecular weight is 405 g/mol. The lowest BCUT2D eigenvalue weighted by Gasteiger charge is -2.05. The normalized spacial score (nSPS) is 11.3. The van der Waals surface area contributed by atoms with E-state index in [4.69, 9.17) is 4.42 Å². The van der Waals surface area contributed by atoms with Gasteiger partial charge in [0.25, 0.3) is 0 Å². The van der Waals surface area contributed by atoms with Crippen LogP contribution in [-0.2, 0) is 6.42 Å². The number of fused-ring (bicyclic) bond motifs is 1. The Kier molecular flexibility index (Phi) is 6.27. The molecule has 4 rings (SSSR count). The van der Waals surface area contributed by atoms with Crippen LogP contribution in [0.15, 0.2) is 71.1 Å². The van der Waals surface area contributed by atoms with Crippen molar-refractivity contribution >= 4 is 11.0 Å². The van der Waals surface area contributed by atoms with Crippen LogP contribution in [0.5, 0.6) is 0 Å². The molecule has 0 fully saturated rings. The van der Waals surface area contributed by atoms with Crippen molar-refractivity contribution in [3.8, 4) is 22.5 Å². The predicted molar refractivity (Wildman–Crippen MR) is 119 cm³/mol.